The molecule has 12 heteroatoms. The molecule has 3 amide bonds. The number of hydrogen-bond acceptors (Lipinski definition) is 8. The normalized spacial score (nSPS) is 19.4. The molecule has 0 saturated carbocycles. The Balaban J connectivity index is 1.09. The Morgan fingerprint density at radius 2 is 1.13 bits per heavy atom. The summed E-state index contributed by atoms with van der Waals surface area (Å²) in [6.07, 6.45) is 0. The average molecular weight is 712 g/mol. The van der Waals surface area contributed by atoms with Gasteiger partial charge in [-0.1, -0.05) is 60.1 Å². The fourth-order valence-corrected chi connectivity index (χ4v) is 7.82. The number of non-ortho nitro benzene ring substituents is 1. The number of rotatable bonds is 8. The summed E-state index contributed by atoms with van der Waals surface area (Å²) in [5, 5.41) is 13.1. The van der Waals surface area contributed by atoms with Crippen LogP contribution < -0.4 is 4.74 Å². The van der Waals surface area contributed by atoms with Gasteiger partial charge in [-0.05, 0) is 82.9 Å². The summed E-state index contributed by atoms with van der Waals surface area (Å²) < 4.78 is 5.37. The van der Waals surface area contributed by atoms with Gasteiger partial charge in [0.1, 0.15) is 12.3 Å². The molecule has 1 heterocycles. The van der Waals surface area contributed by atoms with Crippen LogP contribution in [-0.4, -0.2) is 51.0 Å². The minimum absolute atomic E-state index is 0.0854. The number of carbonyl (C=O) groups is 5. The van der Waals surface area contributed by atoms with Crippen LogP contribution in [0, 0.1) is 22.0 Å². The Bertz CT molecular complexity index is 2210. The maximum absolute atomic E-state index is 14.5. The summed E-state index contributed by atoms with van der Waals surface area (Å²) in [5.41, 5.74) is 4.03. The van der Waals surface area contributed by atoms with Gasteiger partial charge in [0.15, 0.2) is 5.78 Å². The molecule has 5 aromatic rings. The molecule has 4 aliphatic rings. The zero-order chi connectivity index (χ0) is 36.3. The first-order chi connectivity index (χ1) is 25.1. The Morgan fingerprint density at radius 1 is 0.673 bits per heavy atom. The molecule has 0 N–H and O–H groups in total. The van der Waals surface area contributed by atoms with Gasteiger partial charge in [-0.3, -0.25) is 29.3 Å². The van der Waals surface area contributed by atoms with E-state index in [0.29, 0.717) is 5.02 Å². The second kappa shape index (κ2) is 12.7. The minimum atomic E-state index is -0.775. The molecule has 3 aliphatic carbocycles. The molecule has 1 aliphatic heterocycles. The topological polar surface area (TPSA) is 144 Å². The molecule has 0 radical (unpaired) electrons. The summed E-state index contributed by atoms with van der Waals surface area (Å²) in [6.45, 7) is -0.643. The van der Waals surface area contributed by atoms with Gasteiger partial charge in [0.2, 0.25) is 0 Å². The number of hydrogen-bond donors (Lipinski definition) is 0. The number of imide groups is 1. The molecule has 0 aromatic heterocycles. The number of amides is 3. The van der Waals surface area contributed by atoms with E-state index in [9.17, 15) is 34.1 Å². The standard InChI is InChI=1S/C40H26ClN3O8/c41-25-15-9-23(10-16-25)37(46)42(21-32(45)22-13-19-27(20-14-22)52-40(49)24-11-17-26(18-12-24)44(50)51)43-38(47)35-33-28-5-1-2-6-29(28)34(36(35)39(43)48)31-8-4-3-7-30(31)33/h1-20,33-36H,21H2/t33?,34?,35-,36-/m1/s1. The second-order valence-electron chi connectivity index (χ2n) is 12.8. The molecule has 1 saturated heterocycles. The maximum atomic E-state index is 14.5. The van der Waals surface area contributed by atoms with Gasteiger partial charge in [0, 0.05) is 40.1 Å². The molecular weight excluding hydrogens is 686 g/mol. The summed E-state index contributed by atoms with van der Waals surface area (Å²) in [6, 6.07) is 32.0. The van der Waals surface area contributed by atoms with Gasteiger partial charge in [-0.2, -0.15) is 5.01 Å². The van der Waals surface area contributed by atoms with E-state index in [1.807, 2.05) is 48.5 Å². The van der Waals surface area contributed by atoms with Crippen LogP contribution in [0.2, 0.25) is 5.02 Å². The smallest absolute Gasteiger partial charge is 0.343 e. The number of Topliss-reactive ketones (excluding diaryl/α,β-unsaturated/α-hetero) is 1. The number of esters is 1. The Kier molecular flexibility index (Phi) is 7.99. The van der Waals surface area contributed by atoms with E-state index < -0.39 is 64.6 Å². The lowest BCUT2D eigenvalue weighted by Gasteiger charge is -2.45. The van der Waals surface area contributed by atoms with Crippen molar-refractivity contribution in [1.82, 2.24) is 10.0 Å². The van der Waals surface area contributed by atoms with E-state index in [2.05, 4.69) is 0 Å². The fraction of sp³-hybridized carbons (Fsp3) is 0.125. The van der Waals surface area contributed by atoms with Crippen molar-refractivity contribution in [3.8, 4) is 5.75 Å². The highest BCUT2D eigenvalue weighted by atomic mass is 35.5. The highest BCUT2D eigenvalue weighted by molar-refractivity contribution is 6.30. The van der Waals surface area contributed by atoms with Gasteiger partial charge >= 0.3 is 5.97 Å². The minimum Gasteiger partial charge on any atom is -0.423 e. The number of ketones is 1. The van der Waals surface area contributed by atoms with Crippen molar-refractivity contribution in [1.29, 1.82) is 0 Å². The van der Waals surface area contributed by atoms with Gasteiger partial charge < -0.3 is 4.74 Å². The van der Waals surface area contributed by atoms with Gasteiger partial charge in [0.05, 0.1) is 22.3 Å². The quantitative estimate of drug-likeness (QED) is 0.0437. The lowest BCUT2D eigenvalue weighted by atomic mass is 9.55. The Morgan fingerprint density at radius 3 is 1.62 bits per heavy atom. The molecule has 0 unspecified atom stereocenters. The summed E-state index contributed by atoms with van der Waals surface area (Å²) >= 11 is 6.09. The van der Waals surface area contributed by atoms with E-state index >= 15 is 0 Å². The van der Waals surface area contributed by atoms with Crippen molar-refractivity contribution in [2.75, 3.05) is 6.54 Å². The Hall–Kier alpha value is -6.46. The molecule has 52 heavy (non-hydrogen) atoms. The van der Waals surface area contributed by atoms with Crippen molar-refractivity contribution >= 4 is 46.8 Å². The van der Waals surface area contributed by atoms with Crippen LogP contribution in [0.25, 0.3) is 0 Å². The van der Waals surface area contributed by atoms with E-state index in [4.69, 9.17) is 16.3 Å². The van der Waals surface area contributed by atoms with Crippen molar-refractivity contribution in [3.05, 3.63) is 175 Å². The first kappa shape index (κ1) is 32.7. The molecule has 2 bridgehead atoms. The number of hydrazine groups is 1. The number of nitrogens with zero attached hydrogens (tertiary/aromatic N) is 3. The molecule has 9 rings (SSSR count). The predicted octanol–water partition coefficient (Wildman–Crippen LogP) is 6.60. The number of ether oxygens (including phenoxy) is 1. The molecule has 5 aromatic carbocycles. The van der Waals surface area contributed by atoms with Crippen LogP contribution in [-0.2, 0) is 9.59 Å². The van der Waals surface area contributed by atoms with Gasteiger partial charge in [0.25, 0.3) is 23.4 Å². The van der Waals surface area contributed by atoms with E-state index in [0.717, 1.165) is 32.3 Å². The number of nitro groups is 1. The fourth-order valence-electron chi connectivity index (χ4n) is 7.70. The lowest BCUT2D eigenvalue weighted by molar-refractivity contribution is -0.384. The molecule has 1 fully saturated rings. The van der Waals surface area contributed by atoms with Crippen LogP contribution in [0.3, 0.4) is 0 Å². The van der Waals surface area contributed by atoms with Crippen LogP contribution in [0.4, 0.5) is 5.69 Å². The average Bonchev–Trinajstić information content (AvgIpc) is 3.43. The third kappa shape index (κ3) is 5.33. The van der Waals surface area contributed by atoms with Gasteiger partial charge in [-0.15, -0.1) is 0 Å². The van der Waals surface area contributed by atoms with Crippen LogP contribution >= 0.6 is 11.6 Å². The molecule has 11 nitrogen and oxygen atoms in total. The summed E-state index contributed by atoms with van der Waals surface area (Å²) in [5.74, 6) is -5.47. The first-order valence-electron chi connectivity index (χ1n) is 16.3. The third-order valence-corrected chi connectivity index (χ3v) is 10.2. The zero-order valence-corrected chi connectivity index (χ0v) is 27.8. The second-order valence-corrected chi connectivity index (χ2v) is 13.2. The van der Waals surface area contributed by atoms with E-state index in [1.165, 1.54) is 72.8 Å². The molecular formula is C40H26ClN3O8. The van der Waals surface area contributed by atoms with Crippen LogP contribution in [0.15, 0.2) is 121 Å². The summed E-state index contributed by atoms with van der Waals surface area (Å²) in [7, 11) is 0. The first-order valence-corrected chi connectivity index (χ1v) is 16.7. The van der Waals surface area contributed by atoms with Gasteiger partial charge in [-0.25, -0.2) is 9.80 Å². The highest BCUT2D eigenvalue weighted by Gasteiger charge is 2.63. The summed E-state index contributed by atoms with van der Waals surface area (Å²) in [4.78, 5) is 80.0. The predicted molar refractivity (Wildman–Crippen MR) is 187 cm³/mol. The van der Waals surface area contributed by atoms with Crippen molar-refractivity contribution in [3.63, 3.8) is 0 Å². The Labute approximate surface area is 301 Å². The molecule has 256 valence electrons. The van der Waals surface area contributed by atoms with Crippen molar-refractivity contribution < 1.29 is 33.6 Å². The highest BCUT2D eigenvalue weighted by Crippen LogP contribution is 2.61. The largest absolute Gasteiger partial charge is 0.423 e. The maximum Gasteiger partial charge on any atom is 0.343 e. The van der Waals surface area contributed by atoms with Crippen molar-refractivity contribution in [2.24, 2.45) is 11.8 Å². The SMILES string of the molecule is O=C(CN(C(=O)c1ccc(Cl)cc1)N1C(=O)[C@@H]2C3c4ccccc4C(c4ccccc43)[C@H]2C1=O)c1ccc(OC(=O)c2ccc([N+](=O)[O-])cc2)cc1. The molecule has 2 atom stereocenters. The third-order valence-electron chi connectivity index (χ3n) is 9.99. The number of carbonyl (C=O) groups excluding carboxylic acids is 5. The lowest BCUT2D eigenvalue weighted by Crippen LogP contribution is -2.52. The number of halogens is 1. The number of nitro benzene ring substituents is 1. The van der Waals surface area contributed by atoms with E-state index in [-0.39, 0.29) is 28.1 Å². The van der Waals surface area contributed by atoms with Crippen LogP contribution in [0.5, 0.6) is 5.75 Å². The van der Waals surface area contributed by atoms with Crippen LogP contribution in [0.1, 0.15) is 65.2 Å². The monoisotopic (exact) mass is 711 g/mol. The zero-order valence-electron chi connectivity index (χ0n) is 27.0. The number of benzene rings is 5. The molecule has 0 spiro atoms. The van der Waals surface area contributed by atoms with E-state index in [1.54, 1.807) is 0 Å². The van der Waals surface area contributed by atoms with Crippen molar-refractivity contribution in [2.45, 2.75) is 11.8 Å².